The largest absolute Gasteiger partial charge is 0.443 e. The van der Waals surface area contributed by atoms with Crippen molar-refractivity contribution in [2.75, 3.05) is 11.5 Å². The summed E-state index contributed by atoms with van der Waals surface area (Å²) in [7, 11) is -3.86. The number of sulfonamides is 1. The van der Waals surface area contributed by atoms with Gasteiger partial charge < -0.3 is 4.74 Å². The Kier molecular flexibility index (Phi) is 9.39. The molecule has 0 unspecified atom stereocenters. The van der Waals surface area contributed by atoms with E-state index in [4.69, 9.17) is 4.74 Å². The van der Waals surface area contributed by atoms with E-state index in [0.29, 0.717) is 16.5 Å². The van der Waals surface area contributed by atoms with Crippen LogP contribution < -0.4 is 10.2 Å². The summed E-state index contributed by atoms with van der Waals surface area (Å²) in [5, 5.41) is 9.90. The van der Waals surface area contributed by atoms with Crippen molar-refractivity contribution in [3.8, 4) is 0 Å². The number of carbonyl (C=O) groups excluding carboxylic acids is 1. The van der Waals surface area contributed by atoms with E-state index < -0.39 is 27.5 Å². The van der Waals surface area contributed by atoms with E-state index in [-0.39, 0.29) is 28.2 Å². The number of aliphatic imine (C=N–C) groups is 1. The van der Waals surface area contributed by atoms with Gasteiger partial charge >= 0.3 is 6.09 Å². The van der Waals surface area contributed by atoms with Crippen LogP contribution in [0.15, 0.2) is 32.7 Å². The molecule has 1 heterocycles. The predicted octanol–water partition coefficient (Wildman–Crippen LogP) is 3.83. The number of hydroxylamine groups is 1. The zero-order valence-electron chi connectivity index (χ0n) is 17.3. The van der Waals surface area contributed by atoms with Gasteiger partial charge in [0.05, 0.1) is 27.6 Å². The number of carbonyl (C=O) groups is 1. The second-order valence-electron chi connectivity index (χ2n) is 7.21. The Labute approximate surface area is 201 Å². The number of hydrogen-bond donors (Lipinski definition) is 3. The van der Waals surface area contributed by atoms with E-state index >= 15 is 0 Å². The SMILES string of the molecule is CC(C)(C)OC(=O)NS(=O)(=O)CCCSc1nsnc1C(=Nc1ccc(F)c(Br)c1)NO. The van der Waals surface area contributed by atoms with E-state index in [0.717, 1.165) is 11.7 Å². The van der Waals surface area contributed by atoms with Gasteiger partial charge in [0.2, 0.25) is 10.0 Å². The summed E-state index contributed by atoms with van der Waals surface area (Å²) in [6.07, 6.45) is -0.817. The molecular weight excluding hydrogens is 549 g/mol. The third-order valence-electron chi connectivity index (χ3n) is 3.37. The maximum absolute atomic E-state index is 13.4. The molecule has 1 aromatic heterocycles. The highest BCUT2D eigenvalue weighted by Crippen LogP contribution is 2.25. The molecule has 0 atom stereocenters. The van der Waals surface area contributed by atoms with Crippen molar-refractivity contribution in [1.82, 2.24) is 18.9 Å². The number of thioether (sulfide) groups is 1. The highest BCUT2D eigenvalue weighted by Gasteiger charge is 2.21. The summed E-state index contributed by atoms with van der Waals surface area (Å²) >= 11 is 5.17. The number of rotatable bonds is 8. The Morgan fingerprint density at radius 3 is 2.72 bits per heavy atom. The first-order valence-electron chi connectivity index (χ1n) is 9.03. The van der Waals surface area contributed by atoms with Crippen LogP contribution in [0.2, 0.25) is 0 Å². The Hall–Kier alpha value is -1.81. The molecule has 176 valence electrons. The van der Waals surface area contributed by atoms with Gasteiger partial charge in [0.15, 0.2) is 11.5 Å². The van der Waals surface area contributed by atoms with Crippen molar-refractivity contribution >= 4 is 67.1 Å². The van der Waals surface area contributed by atoms with Crippen molar-refractivity contribution < 1.29 is 27.5 Å². The molecule has 3 N–H and O–H groups in total. The van der Waals surface area contributed by atoms with Gasteiger partial charge in [-0.1, -0.05) is 0 Å². The Balaban J connectivity index is 1.97. The summed E-state index contributed by atoms with van der Waals surface area (Å²) in [5.41, 5.74) is 1.77. The summed E-state index contributed by atoms with van der Waals surface area (Å²) in [6, 6.07) is 4.08. The third kappa shape index (κ3) is 8.61. The summed E-state index contributed by atoms with van der Waals surface area (Å²) in [5.74, 6) is -0.409. The number of aromatic nitrogens is 2. The first-order valence-corrected chi connectivity index (χ1v) is 13.2. The quantitative estimate of drug-likeness (QED) is 0.142. The molecule has 2 aromatic rings. The maximum Gasteiger partial charge on any atom is 0.421 e. The number of halogens is 2. The van der Waals surface area contributed by atoms with Gasteiger partial charge in [0, 0.05) is 5.75 Å². The van der Waals surface area contributed by atoms with E-state index in [1.165, 1.54) is 30.0 Å². The molecule has 0 aliphatic rings. The fourth-order valence-corrected chi connectivity index (χ4v) is 5.19. The number of ether oxygens (including phenoxy) is 1. The Morgan fingerprint density at radius 2 is 2.09 bits per heavy atom. The van der Waals surface area contributed by atoms with E-state index in [1.54, 1.807) is 20.8 Å². The third-order valence-corrected chi connectivity index (χ3v) is 6.97. The standard InChI is InChI=1S/C17H21BrFN5O5S3/c1-17(2,3)29-16(25)24-32(27,28)8-4-7-30-15-13(22-31-23-15)14(21-26)20-10-5-6-12(19)11(18)9-10/h5-6,9,26H,4,7-8H2,1-3H3,(H,20,21)(H,24,25). The van der Waals surface area contributed by atoms with Gasteiger partial charge in [-0.05, 0) is 61.3 Å². The smallest absolute Gasteiger partial charge is 0.421 e. The fourth-order valence-electron chi connectivity index (χ4n) is 2.13. The van der Waals surface area contributed by atoms with Crippen LogP contribution in [0.3, 0.4) is 0 Å². The molecule has 0 spiro atoms. The molecule has 1 aromatic carbocycles. The van der Waals surface area contributed by atoms with Crippen LogP contribution in [0.5, 0.6) is 0 Å². The van der Waals surface area contributed by atoms with Crippen molar-refractivity contribution in [3.63, 3.8) is 0 Å². The fraction of sp³-hybridized carbons (Fsp3) is 0.412. The van der Waals surface area contributed by atoms with E-state index in [1.807, 2.05) is 10.2 Å². The lowest BCUT2D eigenvalue weighted by Gasteiger charge is -2.19. The molecule has 0 aliphatic carbocycles. The van der Waals surface area contributed by atoms with Crippen LogP contribution >= 0.6 is 39.4 Å². The van der Waals surface area contributed by atoms with Gasteiger partial charge in [-0.15, -0.1) is 11.8 Å². The average molecular weight is 570 g/mol. The molecule has 2 rings (SSSR count). The van der Waals surface area contributed by atoms with Gasteiger partial charge in [0.1, 0.15) is 16.4 Å². The lowest BCUT2D eigenvalue weighted by molar-refractivity contribution is 0.0570. The molecule has 0 saturated heterocycles. The van der Waals surface area contributed by atoms with E-state index in [2.05, 4.69) is 29.7 Å². The zero-order chi connectivity index (χ0) is 23.9. The topological polar surface area (TPSA) is 143 Å². The zero-order valence-corrected chi connectivity index (χ0v) is 21.3. The highest BCUT2D eigenvalue weighted by molar-refractivity contribution is 9.10. The molecule has 32 heavy (non-hydrogen) atoms. The minimum absolute atomic E-state index is 0.000952. The van der Waals surface area contributed by atoms with Crippen LogP contribution in [0.4, 0.5) is 14.9 Å². The number of nitrogens with one attached hydrogen (secondary N) is 2. The van der Waals surface area contributed by atoms with Crippen LogP contribution in [0, 0.1) is 5.82 Å². The van der Waals surface area contributed by atoms with Gasteiger partial charge in [-0.3, -0.25) is 10.7 Å². The lowest BCUT2D eigenvalue weighted by atomic mass is 10.2. The molecule has 0 aliphatic heterocycles. The normalized spacial score (nSPS) is 12.5. The lowest BCUT2D eigenvalue weighted by Crippen LogP contribution is -2.37. The molecule has 0 bridgehead atoms. The molecule has 10 nitrogen and oxygen atoms in total. The monoisotopic (exact) mass is 569 g/mol. The van der Waals surface area contributed by atoms with Gasteiger partial charge in [-0.2, -0.15) is 8.75 Å². The van der Waals surface area contributed by atoms with Crippen molar-refractivity contribution in [2.24, 2.45) is 4.99 Å². The number of amides is 1. The molecule has 0 radical (unpaired) electrons. The highest BCUT2D eigenvalue weighted by atomic mass is 79.9. The van der Waals surface area contributed by atoms with Gasteiger partial charge in [0.25, 0.3) is 0 Å². The second-order valence-corrected chi connectivity index (χ2v) is 11.5. The number of hydrogen-bond acceptors (Lipinski definition) is 10. The first-order chi connectivity index (χ1) is 14.9. The predicted molar refractivity (Wildman–Crippen MR) is 124 cm³/mol. The average Bonchev–Trinajstić information content (AvgIpc) is 3.12. The van der Waals surface area contributed by atoms with Crippen LogP contribution in [0.1, 0.15) is 32.9 Å². The second kappa shape index (κ2) is 11.4. The summed E-state index contributed by atoms with van der Waals surface area (Å²) in [6.45, 7) is 4.88. The molecule has 0 saturated carbocycles. The molecule has 15 heteroatoms. The molecule has 1 amide bonds. The Morgan fingerprint density at radius 1 is 1.38 bits per heavy atom. The van der Waals surface area contributed by atoms with Gasteiger partial charge in [-0.25, -0.2) is 27.3 Å². The Bertz CT molecular complexity index is 1090. The minimum Gasteiger partial charge on any atom is -0.443 e. The van der Waals surface area contributed by atoms with Crippen LogP contribution in [-0.2, 0) is 14.8 Å². The number of nitrogens with zero attached hydrogens (tertiary/aromatic N) is 3. The van der Waals surface area contributed by atoms with E-state index in [9.17, 15) is 22.8 Å². The van der Waals surface area contributed by atoms with Crippen molar-refractivity contribution in [1.29, 1.82) is 0 Å². The molecule has 0 fully saturated rings. The van der Waals surface area contributed by atoms with Crippen LogP contribution in [-0.4, -0.2) is 51.4 Å². The first kappa shape index (κ1) is 26.4. The molecular formula is C17H21BrFN5O5S3. The number of benzene rings is 1. The maximum atomic E-state index is 13.4. The summed E-state index contributed by atoms with van der Waals surface area (Å²) in [4.78, 5) is 15.8. The number of amidine groups is 1. The van der Waals surface area contributed by atoms with Crippen LogP contribution in [0.25, 0.3) is 0 Å². The summed E-state index contributed by atoms with van der Waals surface area (Å²) < 4.78 is 52.7. The van der Waals surface area contributed by atoms with Crippen molar-refractivity contribution in [3.05, 3.63) is 34.2 Å². The minimum atomic E-state index is -3.86. The van der Waals surface area contributed by atoms with Crippen molar-refractivity contribution in [2.45, 2.75) is 37.8 Å².